The molecule has 2 aromatic rings. The highest BCUT2D eigenvalue weighted by Crippen LogP contribution is 2.24. The van der Waals surface area contributed by atoms with Gasteiger partial charge in [-0.25, -0.2) is 13.1 Å². The standard InChI is InChI=1S/C17H18ClNO4S/c1-11-3-8-16(12(2)9-11)24(22,23)19-15(10-17(20)21)13-4-6-14(18)7-5-13/h3-9,15,19H,10H2,1-2H3,(H,20,21). The van der Waals surface area contributed by atoms with E-state index in [1.807, 2.05) is 6.92 Å². The van der Waals surface area contributed by atoms with Gasteiger partial charge in [0, 0.05) is 5.02 Å². The van der Waals surface area contributed by atoms with Crippen LogP contribution in [0.2, 0.25) is 5.02 Å². The predicted molar refractivity (Wildman–Crippen MR) is 92.7 cm³/mol. The van der Waals surface area contributed by atoms with Crippen molar-refractivity contribution in [3.05, 3.63) is 64.2 Å². The number of benzene rings is 2. The molecule has 128 valence electrons. The minimum Gasteiger partial charge on any atom is -0.481 e. The Balaban J connectivity index is 2.37. The van der Waals surface area contributed by atoms with Gasteiger partial charge in [-0.2, -0.15) is 0 Å². The number of carbonyl (C=O) groups is 1. The molecule has 0 aliphatic rings. The Morgan fingerprint density at radius 2 is 1.79 bits per heavy atom. The van der Waals surface area contributed by atoms with E-state index in [0.29, 0.717) is 16.1 Å². The van der Waals surface area contributed by atoms with Crippen LogP contribution in [0, 0.1) is 13.8 Å². The second-order valence-electron chi connectivity index (χ2n) is 5.59. The zero-order valence-corrected chi connectivity index (χ0v) is 14.9. The van der Waals surface area contributed by atoms with Crippen LogP contribution in [0.4, 0.5) is 0 Å². The summed E-state index contributed by atoms with van der Waals surface area (Å²) in [4.78, 5) is 11.3. The fourth-order valence-corrected chi connectivity index (χ4v) is 4.03. The van der Waals surface area contributed by atoms with E-state index in [1.165, 1.54) is 6.07 Å². The maximum atomic E-state index is 12.7. The number of hydrogen-bond acceptors (Lipinski definition) is 3. The molecule has 1 atom stereocenters. The first-order chi connectivity index (χ1) is 11.2. The van der Waals surface area contributed by atoms with Gasteiger partial charge in [0.1, 0.15) is 0 Å². The molecule has 0 saturated carbocycles. The van der Waals surface area contributed by atoms with Crippen molar-refractivity contribution in [1.29, 1.82) is 0 Å². The third-order valence-electron chi connectivity index (χ3n) is 3.57. The summed E-state index contributed by atoms with van der Waals surface area (Å²) in [5, 5.41) is 9.59. The Labute approximate surface area is 146 Å². The topological polar surface area (TPSA) is 83.5 Å². The molecule has 0 aromatic heterocycles. The SMILES string of the molecule is Cc1ccc(S(=O)(=O)NC(CC(=O)O)c2ccc(Cl)cc2)c(C)c1. The van der Waals surface area contributed by atoms with Gasteiger partial charge in [-0.3, -0.25) is 4.79 Å². The summed E-state index contributed by atoms with van der Waals surface area (Å²) in [6, 6.07) is 10.5. The molecule has 1 unspecified atom stereocenters. The number of rotatable bonds is 6. The number of aryl methyl sites for hydroxylation is 2. The summed E-state index contributed by atoms with van der Waals surface area (Å²) in [6.07, 6.45) is -0.369. The molecule has 2 rings (SSSR count). The van der Waals surface area contributed by atoms with Gasteiger partial charge in [-0.15, -0.1) is 0 Å². The number of aliphatic carboxylic acids is 1. The van der Waals surface area contributed by atoms with Gasteiger partial charge < -0.3 is 5.11 Å². The average Bonchev–Trinajstić information content (AvgIpc) is 2.46. The molecule has 0 bridgehead atoms. The third-order valence-corrected chi connectivity index (χ3v) is 5.45. The summed E-state index contributed by atoms with van der Waals surface area (Å²) in [7, 11) is -3.86. The summed E-state index contributed by atoms with van der Waals surface area (Å²) in [5.74, 6) is -1.10. The first-order valence-electron chi connectivity index (χ1n) is 7.26. The van der Waals surface area contributed by atoms with Crippen LogP contribution in [0.1, 0.15) is 29.2 Å². The average molecular weight is 368 g/mol. The molecule has 0 aliphatic heterocycles. The Bertz CT molecular complexity index is 847. The van der Waals surface area contributed by atoms with Crippen molar-refractivity contribution in [1.82, 2.24) is 4.72 Å². The minimum absolute atomic E-state index is 0.137. The molecule has 0 amide bonds. The molecule has 0 radical (unpaired) electrons. The lowest BCUT2D eigenvalue weighted by molar-refractivity contribution is -0.137. The summed E-state index contributed by atoms with van der Waals surface area (Å²) < 4.78 is 27.8. The van der Waals surface area contributed by atoms with E-state index in [2.05, 4.69) is 4.72 Å². The lowest BCUT2D eigenvalue weighted by atomic mass is 10.1. The summed E-state index contributed by atoms with van der Waals surface area (Å²) in [5.41, 5.74) is 2.09. The molecule has 7 heteroatoms. The van der Waals surface area contributed by atoms with Gasteiger partial charge >= 0.3 is 5.97 Å². The second-order valence-corrected chi connectivity index (χ2v) is 7.71. The molecule has 0 fully saturated rings. The predicted octanol–water partition coefficient (Wildman–Crippen LogP) is 3.45. The van der Waals surface area contributed by atoms with Gasteiger partial charge in [-0.05, 0) is 43.2 Å². The molecule has 2 aromatic carbocycles. The molecule has 0 aliphatic carbocycles. The van der Waals surface area contributed by atoms with Gasteiger partial charge in [-0.1, -0.05) is 41.4 Å². The fraction of sp³-hybridized carbons (Fsp3) is 0.235. The van der Waals surface area contributed by atoms with Crippen LogP contribution in [0.3, 0.4) is 0 Å². The highest BCUT2D eigenvalue weighted by molar-refractivity contribution is 7.89. The highest BCUT2D eigenvalue weighted by atomic mass is 35.5. The van der Waals surface area contributed by atoms with E-state index in [-0.39, 0.29) is 11.3 Å². The van der Waals surface area contributed by atoms with E-state index in [9.17, 15) is 13.2 Å². The van der Waals surface area contributed by atoms with Crippen molar-refractivity contribution < 1.29 is 18.3 Å². The lowest BCUT2D eigenvalue weighted by Gasteiger charge is -2.18. The number of hydrogen-bond donors (Lipinski definition) is 2. The Kier molecular flexibility index (Phi) is 5.64. The van der Waals surface area contributed by atoms with Crippen LogP contribution in [0.15, 0.2) is 47.4 Å². The van der Waals surface area contributed by atoms with Crippen molar-refractivity contribution in [3.8, 4) is 0 Å². The smallest absolute Gasteiger partial charge is 0.305 e. The molecule has 24 heavy (non-hydrogen) atoms. The number of carboxylic acid groups (broad SMARTS) is 1. The molecule has 5 nitrogen and oxygen atoms in total. The molecular weight excluding hydrogens is 350 g/mol. The lowest BCUT2D eigenvalue weighted by Crippen LogP contribution is -2.30. The molecule has 2 N–H and O–H groups in total. The highest BCUT2D eigenvalue weighted by Gasteiger charge is 2.24. The van der Waals surface area contributed by atoms with Crippen LogP contribution < -0.4 is 4.72 Å². The third kappa shape index (κ3) is 4.56. The monoisotopic (exact) mass is 367 g/mol. The van der Waals surface area contributed by atoms with Crippen LogP contribution in [0.25, 0.3) is 0 Å². The van der Waals surface area contributed by atoms with E-state index < -0.39 is 22.0 Å². The van der Waals surface area contributed by atoms with E-state index >= 15 is 0 Å². The van der Waals surface area contributed by atoms with Crippen molar-refractivity contribution in [3.63, 3.8) is 0 Å². The Hall–Kier alpha value is -1.89. The fourth-order valence-electron chi connectivity index (χ4n) is 2.45. The molecule has 0 heterocycles. The minimum atomic E-state index is -3.86. The molecule has 0 saturated heterocycles. The Morgan fingerprint density at radius 3 is 2.33 bits per heavy atom. The van der Waals surface area contributed by atoms with E-state index in [0.717, 1.165) is 5.56 Å². The van der Waals surface area contributed by atoms with Gasteiger partial charge in [0.15, 0.2) is 0 Å². The van der Waals surface area contributed by atoms with Crippen LogP contribution >= 0.6 is 11.6 Å². The van der Waals surface area contributed by atoms with Crippen LogP contribution in [0.5, 0.6) is 0 Å². The first kappa shape index (κ1) is 18.4. The number of nitrogens with one attached hydrogen (secondary N) is 1. The van der Waals surface area contributed by atoms with E-state index in [1.54, 1.807) is 43.3 Å². The van der Waals surface area contributed by atoms with Crippen LogP contribution in [-0.2, 0) is 14.8 Å². The van der Waals surface area contributed by atoms with E-state index in [4.69, 9.17) is 16.7 Å². The zero-order valence-electron chi connectivity index (χ0n) is 13.3. The quantitative estimate of drug-likeness (QED) is 0.819. The number of carboxylic acids is 1. The zero-order chi connectivity index (χ0) is 17.9. The number of sulfonamides is 1. The largest absolute Gasteiger partial charge is 0.481 e. The summed E-state index contributed by atoms with van der Waals surface area (Å²) >= 11 is 5.83. The maximum Gasteiger partial charge on any atom is 0.305 e. The molecular formula is C17H18ClNO4S. The second kappa shape index (κ2) is 7.34. The first-order valence-corrected chi connectivity index (χ1v) is 9.12. The van der Waals surface area contributed by atoms with Gasteiger partial charge in [0.2, 0.25) is 10.0 Å². The van der Waals surface area contributed by atoms with Crippen molar-refractivity contribution in [2.24, 2.45) is 0 Å². The van der Waals surface area contributed by atoms with Crippen LogP contribution in [-0.4, -0.2) is 19.5 Å². The van der Waals surface area contributed by atoms with Gasteiger partial charge in [0.05, 0.1) is 17.4 Å². The van der Waals surface area contributed by atoms with Crippen molar-refractivity contribution in [2.45, 2.75) is 31.2 Å². The van der Waals surface area contributed by atoms with Crippen molar-refractivity contribution in [2.75, 3.05) is 0 Å². The normalized spacial score (nSPS) is 12.8. The van der Waals surface area contributed by atoms with Crippen molar-refractivity contribution >= 4 is 27.6 Å². The molecule has 0 spiro atoms. The Morgan fingerprint density at radius 1 is 1.17 bits per heavy atom. The summed E-state index contributed by atoms with van der Waals surface area (Å²) in [6.45, 7) is 3.58. The van der Waals surface area contributed by atoms with Gasteiger partial charge in [0.25, 0.3) is 0 Å². The maximum absolute atomic E-state index is 12.7. The number of halogens is 1.